The number of hydrogen-bond acceptors (Lipinski definition) is 4. The normalized spacial score (nSPS) is 14.5. The Morgan fingerprint density at radius 2 is 2.00 bits per heavy atom. The Kier molecular flexibility index (Phi) is 3.97. The molecule has 1 aliphatic heterocycles. The molecule has 0 saturated heterocycles. The Morgan fingerprint density at radius 3 is 2.72 bits per heavy atom. The van der Waals surface area contributed by atoms with Crippen LogP contribution in [-0.4, -0.2) is 31.4 Å². The molecule has 0 fully saturated rings. The number of fused-ring (bicyclic) bond motifs is 1. The van der Waals surface area contributed by atoms with Crippen LogP contribution in [-0.2, 0) is 19.5 Å². The summed E-state index contributed by atoms with van der Waals surface area (Å²) >= 11 is 0. The average Bonchev–Trinajstić information content (AvgIpc) is 2.92. The van der Waals surface area contributed by atoms with Crippen LogP contribution < -0.4 is 5.56 Å². The second kappa shape index (κ2) is 6.29. The van der Waals surface area contributed by atoms with Crippen molar-refractivity contribution in [3.8, 4) is 11.4 Å². The first kappa shape index (κ1) is 15.8. The van der Waals surface area contributed by atoms with Gasteiger partial charge in [0, 0.05) is 54.5 Å². The second-order valence-electron chi connectivity index (χ2n) is 6.65. The minimum absolute atomic E-state index is 0.0247. The summed E-state index contributed by atoms with van der Waals surface area (Å²) in [4.78, 5) is 29.9. The van der Waals surface area contributed by atoms with Crippen LogP contribution in [0.25, 0.3) is 11.4 Å². The summed E-state index contributed by atoms with van der Waals surface area (Å²) in [6.45, 7) is 6.60. The van der Waals surface area contributed by atoms with E-state index in [-0.39, 0.29) is 5.56 Å². The highest BCUT2D eigenvalue weighted by molar-refractivity contribution is 5.54. The van der Waals surface area contributed by atoms with Crippen LogP contribution in [0, 0.1) is 13.8 Å². The van der Waals surface area contributed by atoms with Gasteiger partial charge < -0.3 is 9.97 Å². The summed E-state index contributed by atoms with van der Waals surface area (Å²) in [5.74, 6) is 0.611. The Balaban J connectivity index is 1.62. The molecular formula is C19H21N5O. The van der Waals surface area contributed by atoms with Crippen LogP contribution in [0.2, 0.25) is 0 Å². The molecule has 6 heteroatoms. The lowest BCUT2D eigenvalue weighted by atomic mass is 10.1. The SMILES string of the molecule is Cc1cc(C)c(CN2CCc3c(nc(-c4ccncc4)[nH]c3=O)C2)[nH]1. The van der Waals surface area contributed by atoms with Crippen molar-refractivity contribution in [1.29, 1.82) is 0 Å². The minimum atomic E-state index is -0.0247. The van der Waals surface area contributed by atoms with E-state index in [1.54, 1.807) is 12.4 Å². The van der Waals surface area contributed by atoms with Crippen molar-refractivity contribution in [3.63, 3.8) is 0 Å². The molecular weight excluding hydrogens is 314 g/mol. The highest BCUT2D eigenvalue weighted by atomic mass is 16.1. The zero-order valence-electron chi connectivity index (χ0n) is 14.5. The number of aromatic nitrogens is 4. The molecule has 0 radical (unpaired) electrons. The van der Waals surface area contributed by atoms with Gasteiger partial charge in [0.15, 0.2) is 0 Å². The average molecular weight is 335 g/mol. The molecule has 0 aromatic carbocycles. The summed E-state index contributed by atoms with van der Waals surface area (Å²) in [5.41, 5.74) is 6.24. The van der Waals surface area contributed by atoms with Gasteiger partial charge in [0.05, 0.1) is 5.69 Å². The van der Waals surface area contributed by atoms with Gasteiger partial charge in [0.2, 0.25) is 0 Å². The maximum Gasteiger partial charge on any atom is 0.254 e. The van der Waals surface area contributed by atoms with E-state index < -0.39 is 0 Å². The molecule has 0 bridgehead atoms. The molecule has 4 rings (SSSR count). The Hall–Kier alpha value is -2.73. The number of H-pyrrole nitrogens is 2. The molecule has 128 valence electrons. The van der Waals surface area contributed by atoms with E-state index >= 15 is 0 Å². The van der Waals surface area contributed by atoms with Crippen molar-refractivity contribution < 1.29 is 0 Å². The summed E-state index contributed by atoms with van der Waals surface area (Å²) in [5, 5.41) is 0. The Labute approximate surface area is 146 Å². The number of nitrogens with zero attached hydrogens (tertiary/aromatic N) is 3. The number of aromatic amines is 2. The molecule has 3 aromatic heterocycles. The molecule has 4 heterocycles. The van der Waals surface area contributed by atoms with Crippen molar-refractivity contribution in [1.82, 2.24) is 24.8 Å². The van der Waals surface area contributed by atoms with Gasteiger partial charge in [0.25, 0.3) is 5.56 Å². The standard InChI is InChI=1S/C19H21N5O/c1-12-9-13(2)21-16(12)10-24-8-5-15-17(11-24)22-18(23-19(15)25)14-3-6-20-7-4-14/h3-4,6-7,9,21H,5,8,10-11H2,1-2H3,(H,22,23,25). The predicted octanol–water partition coefficient (Wildman–Crippen LogP) is 2.34. The summed E-state index contributed by atoms with van der Waals surface area (Å²) in [6, 6.07) is 5.88. The lowest BCUT2D eigenvalue weighted by Gasteiger charge is -2.27. The maximum absolute atomic E-state index is 12.4. The zero-order valence-corrected chi connectivity index (χ0v) is 14.5. The molecule has 2 N–H and O–H groups in total. The smallest absolute Gasteiger partial charge is 0.254 e. The lowest BCUT2D eigenvalue weighted by molar-refractivity contribution is 0.237. The molecule has 0 saturated carbocycles. The van der Waals surface area contributed by atoms with E-state index in [9.17, 15) is 4.79 Å². The Bertz CT molecular complexity index is 958. The highest BCUT2D eigenvalue weighted by Crippen LogP contribution is 2.20. The fourth-order valence-corrected chi connectivity index (χ4v) is 3.45. The quantitative estimate of drug-likeness (QED) is 0.770. The number of rotatable bonds is 3. The topological polar surface area (TPSA) is 77.7 Å². The van der Waals surface area contributed by atoms with Crippen molar-refractivity contribution in [2.45, 2.75) is 33.4 Å². The summed E-state index contributed by atoms with van der Waals surface area (Å²) < 4.78 is 0. The second-order valence-corrected chi connectivity index (χ2v) is 6.65. The van der Waals surface area contributed by atoms with E-state index in [0.717, 1.165) is 36.3 Å². The highest BCUT2D eigenvalue weighted by Gasteiger charge is 2.22. The Morgan fingerprint density at radius 1 is 1.20 bits per heavy atom. The first-order valence-electron chi connectivity index (χ1n) is 8.50. The number of pyridine rings is 1. The first-order valence-corrected chi connectivity index (χ1v) is 8.50. The van der Waals surface area contributed by atoms with Crippen molar-refractivity contribution in [2.24, 2.45) is 0 Å². The largest absolute Gasteiger partial charge is 0.361 e. The zero-order chi connectivity index (χ0) is 17.4. The van der Waals surface area contributed by atoms with E-state index in [4.69, 9.17) is 4.98 Å². The summed E-state index contributed by atoms with van der Waals surface area (Å²) in [6.07, 6.45) is 4.14. The van der Waals surface area contributed by atoms with E-state index in [1.807, 2.05) is 12.1 Å². The molecule has 0 spiro atoms. The number of hydrogen-bond donors (Lipinski definition) is 2. The van der Waals surface area contributed by atoms with Crippen LogP contribution in [0.15, 0.2) is 35.4 Å². The molecule has 0 aliphatic carbocycles. The summed E-state index contributed by atoms with van der Waals surface area (Å²) in [7, 11) is 0. The molecule has 0 unspecified atom stereocenters. The van der Waals surface area contributed by atoms with Gasteiger partial charge >= 0.3 is 0 Å². The van der Waals surface area contributed by atoms with Gasteiger partial charge in [-0.25, -0.2) is 4.98 Å². The molecule has 25 heavy (non-hydrogen) atoms. The van der Waals surface area contributed by atoms with Crippen molar-refractivity contribution >= 4 is 0 Å². The molecule has 0 atom stereocenters. The van der Waals surface area contributed by atoms with Crippen molar-refractivity contribution in [3.05, 3.63) is 69.2 Å². The third-order valence-corrected chi connectivity index (χ3v) is 4.75. The van der Waals surface area contributed by atoms with Gasteiger partial charge in [-0.15, -0.1) is 0 Å². The van der Waals surface area contributed by atoms with Gasteiger partial charge in [-0.05, 0) is 44.0 Å². The first-order chi connectivity index (χ1) is 12.1. The number of aryl methyl sites for hydroxylation is 2. The van der Waals surface area contributed by atoms with Crippen LogP contribution in [0.3, 0.4) is 0 Å². The van der Waals surface area contributed by atoms with Crippen LogP contribution in [0.1, 0.15) is 28.2 Å². The third-order valence-electron chi connectivity index (χ3n) is 4.75. The lowest BCUT2D eigenvalue weighted by Crippen LogP contribution is -2.35. The molecule has 3 aromatic rings. The number of nitrogens with one attached hydrogen (secondary N) is 2. The third kappa shape index (κ3) is 3.13. The van der Waals surface area contributed by atoms with Gasteiger partial charge in [-0.2, -0.15) is 0 Å². The maximum atomic E-state index is 12.4. The van der Waals surface area contributed by atoms with E-state index in [1.165, 1.54) is 17.0 Å². The van der Waals surface area contributed by atoms with Gasteiger partial charge in [-0.1, -0.05) is 0 Å². The van der Waals surface area contributed by atoms with E-state index in [2.05, 4.69) is 39.8 Å². The molecule has 6 nitrogen and oxygen atoms in total. The van der Waals surface area contributed by atoms with Crippen LogP contribution in [0.4, 0.5) is 0 Å². The van der Waals surface area contributed by atoms with E-state index in [0.29, 0.717) is 12.4 Å². The van der Waals surface area contributed by atoms with Crippen molar-refractivity contribution in [2.75, 3.05) is 6.54 Å². The van der Waals surface area contributed by atoms with Crippen LogP contribution >= 0.6 is 0 Å². The fraction of sp³-hybridized carbons (Fsp3) is 0.316. The van der Waals surface area contributed by atoms with Gasteiger partial charge in [-0.3, -0.25) is 14.7 Å². The van der Waals surface area contributed by atoms with Crippen LogP contribution in [0.5, 0.6) is 0 Å². The van der Waals surface area contributed by atoms with Gasteiger partial charge in [0.1, 0.15) is 5.82 Å². The molecule has 1 aliphatic rings. The predicted molar refractivity (Wildman–Crippen MR) is 96.2 cm³/mol. The minimum Gasteiger partial charge on any atom is -0.361 e. The monoisotopic (exact) mass is 335 g/mol. The molecule has 0 amide bonds. The fourth-order valence-electron chi connectivity index (χ4n) is 3.45.